The minimum Gasteiger partial charge on any atom is -0.310 e. The third-order valence-electron chi connectivity index (χ3n) is 3.65. The topological polar surface area (TPSA) is 12.0 Å². The van der Waals surface area contributed by atoms with E-state index in [1.807, 2.05) is 0 Å². The van der Waals surface area contributed by atoms with Crippen molar-refractivity contribution in [3.63, 3.8) is 0 Å². The van der Waals surface area contributed by atoms with Crippen molar-refractivity contribution < 1.29 is 0 Å². The Bertz CT molecular complexity index is 427. The number of allylic oxidation sites excluding steroid dienone is 1. The first-order valence-corrected chi connectivity index (χ1v) is 7.84. The van der Waals surface area contributed by atoms with E-state index < -0.39 is 0 Å². The molecule has 0 saturated heterocycles. The molecule has 0 heterocycles. The van der Waals surface area contributed by atoms with E-state index in [-0.39, 0.29) is 0 Å². The monoisotopic (exact) mass is 273 g/mol. The van der Waals surface area contributed by atoms with Crippen LogP contribution in [-0.4, -0.2) is 12.6 Å². The highest BCUT2D eigenvalue weighted by molar-refractivity contribution is 5.29. The highest BCUT2D eigenvalue weighted by atomic mass is 14.9. The Labute approximate surface area is 125 Å². The van der Waals surface area contributed by atoms with E-state index >= 15 is 0 Å². The van der Waals surface area contributed by atoms with Crippen molar-refractivity contribution in [1.29, 1.82) is 0 Å². The molecular weight excluding hydrogens is 242 g/mol. The van der Waals surface area contributed by atoms with E-state index in [1.165, 1.54) is 16.7 Å². The number of rotatable bonds is 7. The first-order chi connectivity index (χ1) is 9.40. The Kier molecular flexibility index (Phi) is 7.01. The second-order valence-electron chi connectivity index (χ2n) is 6.65. The van der Waals surface area contributed by atoms with Crippen LogP contribution in [0.25, 0.3) is 0 Å². The van der Waals surface area contributed by atoms with Crippen LogP contribution >= 0.6 is 0 Å². The summed E-state index contributed by atoms with van der Waals surface area (Å²) in [6, 6.07) is 9.22. The predicted octanol–water partition coefficient (Wildman–Crippen LogP) is 5.07. The Morgan fingerprint density at radius 1 is 1.15 bits per heavy atom. The summed E-state index contributed by atoms with van der Waals surface area (Å²) in [4.78, 5) is 0. The van der Waals surface area contributed by atoms with Crippen molar-refractivity contribution in [1.82, 2.24) is 5.32 Å². The summed E-state index contributed by atoms with van der Waals surface area (Å²) in [6.07, 6.45) is 3.53. The first kappa shape index (κ1) is 17.0. The van der Waals surface area contributed by atoms with Gasteiger partial charge in [0.1, 0.15) is 0 Å². The molecule has 0 spiro atoms. The number of hydrogen-bond donors (Lipinski definition) is 1. The third-order valence-corrected chi connectivity index (χ3v) is 3.65. The molecule has 1 aromatic carbocycles. The number of nitrogens with one attached hydrogen (secondary N) is 1. The van der Waals surface area contributed by atoms with Crippen LogP contribution in [0.2, 0.25) is 0 Å². The van der Waals surface area contributed by atoms with Crippen molar-refractivity contribution in [3.8, 4) is 0 Å². The van der Waals surface area contributed by atoms with Gasteiger partial charge in [0.15, 0.2) is 0 Å². The Hall–Kier alpha value is -1.08. The molecule has 0 fully saturated rings. The Balaban J connectivity index is 2.73. The standard InChI is InChI=1S/C19H31N/c1-14(2)11-18(20-13-15(3)4)12-17(6)19-10-8-7-9-16(19)5/h7-11,15,17-18,20H,12-13H2,1-6H3/t17-,18?/m0/s1. The molecule has 1 rings (SSSR count). The van der Waals surface area contributed by atoms with E-state index in [0.717, 1.165) is 13.0 Å². The van der Waals surface area contributed by atoms with Crippen molar-refractivity contribution in [2.24, 2.45) is 5.92 Å². The van der Waals surface area contributed by atoms with Crippen molar-refractivity contribution in [2.75, 3.05) is 6.54 Å². The van der Waals surface area contributed by atoms with Gasteiger partial charge in [-0.15, -0.1) is 0 Å². The van der Waals surface area contributed by atoms with Gasteiger partial charge >= 0.3 is 0 Å². The molecule has 0 saturated carbocycles. The maximum atomic E-state index is 3.69. The van der Waals surface area contributed by atoms with E-state index in [0.29, 0.717) is 17.9 Å². The molecule has 1 aromatic rings. The molecule has 0 aliphatic carbocycles. The largest absolute Gasteiger partial charge is 0.310 e. The van der Waals surface area contributed by atoms with Crippen LogP contribution < -0.4 is 5.32 Å². The number of hydrogen-bond acceptors (Lipinski definition) is 1. The van der Waals surface area contributed by atoms with Crippen LogP contribution in [0.1, 0.15) is 58.1 Å². The third kappa shape index (κ3) is 5.92. The van der Waals surface area contributed by atoms with Crippen LogP contribution in [0, 0.1) is 12.8 Å². The summed E-state index contributed by atoms with van der Waals surface area (Å²) in [5.41, 5.74) is 4.27. The zero-order valence-electron chi connectivity index (χ0n) is 14.0. The van der Waals surface area contributed by atoms with Crippen LogP contribution in [-0.2, 0) is 0 Å². The van der Waals surface area contributed by atoms with Gasteiger partial charge in [-0.3, -0.25) is 0 Å². The van der Waals surface area contributed by atoms with Gasteiger partial charge in [-0.25, -0.2) is 0 Å². The lowest BCUT2D eigenvalue weighted by atomic mass is 9.90. The summed E-state index contributed by atoms with van der Waals surface area (Å²) in [7, 11) is 0. The first-order valence-electron chi connectivity index (χ1n) is 7.84. The van der Waals surface area contributed by atoms with Crippen molar-refractivity contribution in [3.05, 3.63) is 47.0 Å². The summed E-state index contributed by atoms with van der Waals surface area (Å²) >= 11 is 0. The van der Waals surface area contributed by atoms with E-state index in [1.54, 1.807) is 0 Å². The van der Waals surface area contributed by atoms with Gasteiger partial charge in [0.2, 0.25) is 0 Å². The van der Waals surface area contributed by atoms with Crippen LogP contribution in [0.3, 0.4) is 0 Å². The zero-order valence-corrected chi connectivity index (χ0v) is 14.0. The zero-order chi connectivity index (χ0) is 15.1. The summed E-state index contributed by atoms with van der Waals surface area (Å²) < 4.78 is 0. The van der Waals surface area contributed by atoms with Gasteiger partial charge in [0, 0.05) is 6.04 Å². The quantitative estimate of drug-likeness (QED) is 0.684. The van der Waals surface area contributed by atoms with Gasteiger partial charge in [-0.1, -0.05) is 56.7 Å². The van der Waals surface area contributed by atoms with Crippen LogP contribution in [0.15, 0.2) is 35.9 Å². The predicted molar refractivity (Wildman–Crippen MR) is 90.3 cm³/mol. The lowest BCUT2D eigenvalue weighted by Gasteiger charge is -2.22. The fourth-order valence-electron chi connectivity index (χ4n) is 2.65. The maximum Gasteiger partial charge on any atom is 0.0258 e. The second-order valence-corrected chi connectivity index (χ2v) is 6.65. The van der Waals surface area contributed by atoms with Gasteiger partial charge < -0.3 is 5.32 Å². The van der Waals surface area contributed by atoms with Crippen molar-refractivity contribution >= 4 is 0 Å². The van der Waals surface area contributed by atoms with Crippen LogP contribution in [0.5, 0.6) is 0 Å². The molecule has 112 valence electrons. The van der Waals surface area contributed by atoms with Gasteiger partial charge in [0.05, 0.1) is 0 Å². The van der Waals surface area contributed by atoms with Gasteiger partial charge in [-0.2, -0.15) is 0 Å². The molecular formula is C19H31N. The molecule has 0 aromatic heterocycles. The molecule has 0 aliphatic rings. The molecule has 1 N–H and O–H groups in total. The Morgan fingerprint density at radius 3 is 2.35 bits per heavy atom. The second kappa shape index (κ2) is 8.26. The molecule has 1 heteroatoms. The molecule has 0 bridgehead atoms. The van der Waals surface area contributed by atoms with Crippen LogP contribution in [0.4, 0.5) is 0 Å². The fourth-order valence-corrected chi connectivity index (χ4v) is 2.65. The van der Waals surface area contributed by atoms with Gasteiger partial charge in [-0.05, 0) is 56.7 Å². The summed E-state index contributed by atoms with van der Waals surface area (Å²) in [5.74, 6) is 1.27. The summed E-state index contributed by atoms with van der Waals surface area (Å²) in [5, 5.41) is 3.69. The van der Waals surface area contributed by atoms with Gasteiger partial charge in [0.25, 0.3) is 0 Å². The smallest absolute Gasteiger partial charge is 0.0258 e. The van der Waals surface area contributed by atoms with Crippen molar-refractivity contribution in [2.45, 2.75) is 59.9 Å². The Morgan fingerprint density at radius 2 is 1.80 bits per heavy atom. The molecule has 1 nitrogen and oxygen atoms in total. The molecule has 1 unspecified atom stereocenters. The molecule has 0 aliphatic heterocycles. The van der Waals surface area contributed by atoms with E-state index in [2.05, 4.69) is 77.2 Å². The minimum atomic E-state index is 0.469. The normalized spacial score (nSPS) is 14.2. The number of aryl methyl sites for hydroxylation is 1. The highest BCUT2D eigenvalue weighted by Crippen LogP contribution is 2.24. The van der Waals surface area contributed by atoms with E-state index in [9.17, 15) is 0 Å². The molecule has 20 heavy (non-hydrogen) atoms. The highest BCUT2D eigenvalue weighted by Gasteiger charge is 2.14. The fraction of sp³-hybridized carbons (Fsp3) is 0.579. The summed E-state index contributed by atoms with van der Waals surface area (Å²) in [6.45, 7) is 14.5. The number of benzene rings is 1. The minimum absolute atomic E-state index is 0.469. The molecule has 0 amide bonds. The lowest BCUT2D eigenvalue weighted by molar-refractivity contribution is 0.468. The molecule has 0 radical (unpaired) electrons. The lowest BCUT2D eigenvalue weighted by Crippen LogP contribution is -2.32. The van der Waals surface area contributed by atoms with E-state index in [4.69, 9.17) is 0 Å². The maximum absolute atomic E-state index is 3.69. The SMILES string of the molecule is CC(C)=CC(C[C@H](C)c1ccccc1C)NCC(C)C. The average molecular weight is 273 g/mol. The average Bonchev–Trinajstić information content (AvgIpc) is 2.35. The molecule has 2 atom stereocenters.